The molecular weight excluding hydrogens is 232 g/mol. The molecule has 0 aliphatic heterocycles. The third-order valence-corrected chi connectivity index (χ3v) is 3.48. The fraction of sp³-hybridized carbons (Fsp3) is 0.250. The van der Waals surface area contributed by atoms with Gasteiger partial charge in [-0.1, -0.05) is 6.92 Å². The van der Waals surface area contributed by atoms with E-state index in [1.807, 2.05) is 17.8 Å². The Morgan fingerprint density at radius 3 is 3.12 bits per heavy atom. The molecule has 3 aromatic heterocycles. The van der Waals surface area contributed by atoms with E-state index in [0.29, 0.717) is 0 Å². The van der Waals surface area contributed by atoms with Gasteiger partial charge in [-0.25, -0.2) is 15.0 Å². The van der Waals surface area contributed by atoms with Gasteiger partial charge in [0.1, 0.15) is 22.8 Å². The van der Waals surface area contributed by atoms with Gasteiger partial charge in [-0.3, -0.25) is 4.57 Å². The minimum absolute atomic E-state index is 0.928. The van der Waals surface area contributed by atoms with E-state index >= 15 is 0 Å². The van der Waals surface area contributed by atoms with Crippen molar-refractivity contribution in [1.82, 2.24) is 19.5 Å². The summed E-state index contributed by atoms with van der Waals surface area (Å²) >= 11 is 1.63. The van der Waals surface area contributed by atoms with Gasteiger partial charge in [-0.2, -0.15) is 0 Å². The van der Waals surface area contributed by atoms with Crippen LogP contribution in [-0.4, -0.2) is 19.5 Å². The summed E-state index contributed by atoms with van der Waals surface area (Å²) < 4.78 is 2.06. The van der Waals surface area contributed by atoms with E-state index in [-0.39, 0.29) is 0 Å². The van der Waals surface area contributed by atoms with Crippen molar-refractivity contribution in [2.45, 2.75) is 19.8 Å². The Kier molecular flexibility index (Phi) is 2.60. The van der Waals surface area contributed by atoms with Crippen LogP contribution >= 0.6 is 11.3 Å². The first kappa shape index (κ1) is 10.4. The molecule has 0 atom stereocenters. The third-order valence-electron chi connectivity index (χ3n) is 2.66. The van der Waals surface area contributed by atoms with Crippen molar-refractivity contribution < 1.29 is 0 Å². The van der Waals surface area contributed by atoms with Crippen molar-refractivity contribution in [1.29, 1.82) is 0 Å². The van der Waals surface area contributed by atoms with Crippen LogP contribution in [0.5, 0.6) is 0 Å². The zero-order chi connectivity index (χ0) is 11.7. The van der Waals surface area contributed by atoms with Gasteiger partial charge in [0.15, 0.2) is 0 Å². The van der Waals surface area contributed by atoms with Crippen molar-refractivity contribution in [3.05, 3.63) is 36.0 Å². The predicted molar refractivity (Wildman–Crippen MR) is 68.5 cm³/mol. The summed E-state index contributed by atoms with van der Waals surface area (Å²) in [5, 5.41) is 3.13. The topological polar surface area (TPSA) is 43.6 Å². The molecule has 0 saturated heterocycles. The standard InChI is InChI=1S/C12H12N4S/c1-2-3-10-13-5-6-16(10)11-9-4-7-17-12(9)15-8-14-11/h4-8H,2-3H2,1H3. The highest BCUT2D eigenvalue weighted by atomic mass is 32.1. The fourth-order valence-electron chi connectivity index (χ4n) is 1.90. The Labute approximate surface area is 103 Å². The quantitative estimate of drug-likeness (QED) is 0.711. The second-order valence-corrected chi connectivity index (χ2v) is 4.69. The van der Waals surface area contributed by atoms with Crippen LogP contribution in [0.1, 0.15) is 19.2 Å². The van der Waals surface area contributed by atoms with Gasteiger partial charge in [-0.05, 0) is 17.9 Å². The van der Waals surface area contributed by atoms with Crippen molar-refractivity contribution in [2.24, 2.45) is 0 Å². The lowest BCUT2D eigenvalue weighted by molar-refractivity contribution is 0.800. The molecule has 0 saturated carbocycles. The van der Waals surface area contributed by atoms with Crippen molar-refractivity contribution in [2.75, 3.05) is 0 Å². The SMILES string of the molecule is CCCc1nccn1-c1ncnc2sccc12. The normalized spacial score (nSPS) is 11.1. The maximum absolute atomic E-state index is 4.38. The van der Waals surface area contributed by atoms with E-state index in [0.717, 1.165) is 34.7 Å². The van der Waals surface area contributed by atoms with Crippen LogP contribution in [0, 0.1) is 0 Å². The van der Waals surface area contributed by atoms with Crippen LogP contribution in [0.25, 0.3) is 16.0 Å². The fourth-order valence-corrected chi connectivity index (χ4v) is 2.63. The molecule has 5 heteroatoms. The van der Waals surface area contributed by atoms with Crippen molar-refractivity contribution in [3.63, 3.8) is 0 Å². The molecule has 4 nitrogen and oxygen atoms in total. The highest BCUT2D eigenvalue weighted by molar-refractivity contribution is 7.16. The lowest BCUT2D eigenvalue weighted by Gasteiger charge is -2.06. The predicted octanol–water partition coefficient (Wildman–Crippen LogP) is 2.83. The number of imidazole rings is 1. The van der Waals surface area contributed by atoms with Crippen LogP contribution in [0.4, 0.5) is 0 Å². The Morgan fingerprint density at radius 2 is 2.24 bits per heavy atom. The molecule has 0 aliphatic rings. The van der Waals surface area contributed by atoms with Crippen LogP contribution in [-0.2, 0) is 6.42 Å². The van der Waals surface area contributed by atoms with Crippen LogP contribution in [0.15, 0.2) is 30.2 Å². The highest BCUT2D eigenvalue weighted by Gasteiger charge is 2.10. The van der Waals surface area contributed by atoms with E-state index in [2.05, 4.69) is 32.5 Å². The van der Waals surface area contributed by atoms with E-state index in [9.17, 15) is 0 Å². The monoisotopic (exact) mass is 244 g/mol. The molecule has 0 fully saturated rings. The summed E-state index contributed by atoms with van der Waals surface area (Å²) in [4.78, 5) is 14.0. The first-order chi connectivity index (χ1) is 8.40. The van der Waals surface area contributed by atoms with Crippen LogP contribution in [0.3, 0.4) is 0 Å². The van der Waals surface area contributed by atoms with E-state index in [1.165, 1.54) is 0 Å². The number of thiophene rings is 1. The number of rotatable bonds is 3. The molecule has 0 radical (unpaired) electrons. The van der Waals surface area contributed by atoms with Gasteiger partial charge in [0.05, 0.1) is 5.39 Å². The molecule has 3 rings (SSSR count). The van der Waals surface area contributed by atoms with Gasteiger partial charge in [0.2, 0.25) is 0 Å². The Hall–Kier alpha value is -1.75. The lowest BCUT2D eigenvalue weighted by atomic mass is 10.3. The minimum Gasteiger partial charge on any atom is -0.287 e. The van der Waals surface area contributed by atoms with Crippen molar-refractivity contribution >= 4 is 21.6 Å². The van der Waals surface area contributed by atoms with Crippen LogP contribution < -0.4 is 0 Å². The largest absolute Gasteiger partial charge is 0.287 e. The van der Waals surface area contributed by atoms with Gasteiger partial charge in [-0.15, -0.1) is 11.3 Å². The molecule has 0 unspecified atom stereocenters. The number of aryl methyl sites for hydroxylation is 1. The molecule has 0 aromatic carbocycles. The molecule has 0 amide bonds. The summed E-state index contributed by atoms with van der Waals surface area (Å²) in [6, 6.07) is 2.06. The molecule has 0 bridgehead atoms. The molecular formula is C12H12N4S. The Balaban J connectivity index is 2.20. The average Bonchev–Trinajstić information content (AvgIpc) is 2.96. The van der Waals surface area contributed by atoms with Gasteiger partial charge in [0.25, 0.3) is 0 Å². The second kappa shape index (κ2) is 4.25. The number of hydrogen-bond acceptors (Lipinski definition) is 4. The number of hydrogen-bond donors (Lipinski definition) is 0. The van der Waals surface area contributed by atoms with Crippen LogP contribution in [0.2, 0.25) is 0 Å². The Bertz CT molecular complexity index is 641. The van der Waals surface area contributed by atoms with Gasteiger partial charge in [0, 0.05) is 18.8 Å². The summed E-state index contributed by atoms with van der Waals surface area (Å²) in [5.74, 6) is 1.98. The number of nitrogens with zero attached hydrogens (tertiary/aromatic N) is 4. The summed E-state index contributed by atoms with van der Waals surface area (Å²) in [6.07, 6.45) is 7.44. The zero-order valence-electron chi connectivity index (χ0n) is 9.50. The van der Waals surface area contributed by atoms with E-state index < -0.39 is 0 Å². The third kappa shape index (κ3) is 1.72. The molecule has 0 N–H and O–H groups in total. The molecule has 3 heterocycles. The molecule has 0 spiro atoms. The lowest BCUT2D eigenvalue weighted by Crippen LogP contribution is -2.03. The van der Waals surface area contributed by atoms with E-state index in [1.54, 1.807) is 17.7 Å². The summed E-state index contributed by atoms with van der Waals surface area (Å²) in [5.41, 5.74) is 0. The number of fused-ring (bicyclic) bond motifs is 1. The maximum Gasteiger partial charge on any atom is 0.150 e. The highest BCUT2D eigenvalue weighted by Crippen LogP contribution is 2.23. The second-order valence-electron chi connectivity index (χ2n) is 3.80. The summed E-state index contributed by atoms with van der Waals surface area (Å²) in [6.45, 7) is 2.15. The molecule has 3 aromatic rings. The smallest absolute Gasteiger partial charge is 0.150 e. The zero-order valence-corrected chi connectivity index (χ0v) is 10.3. The first-order valence-corrected chi connectivity index (χ1v) is 6.49. The first-order valence-electron chi connectivity index (χ1n) is 5.61. The maximum atomic E-state index is 4.38. The van der Waals surface area contributed by atoms with Gasteiger partial charge >= 0.3 is 0 Å². The molecule has 0 aliphatic carbocycles. The average molecular weight is 244 g/mol. The summed E-state index contributed by atoms with van der Waals surface area (Å²) in [7, 11) is 0. The van der Waals surface area contributed by atoms with E-state index in [4.69, 9.17) is 0 Å². The Morgan fingerprint density at radius 1 is 1.29 bits per heavy atom. The molecule has 86 valence electrons. The minimum atomic E-state index is 0.928. The van der Waals surface area contributed by atoms with Crippen molar-refractivity contribution in [3.8, 4) is 5.82 Å². The molecule has 17 heavy (non-hydrogen) atoms. The number of aromatic nitrogens is 4. The van der Waals surface area contributed by atoms with Gasteiger partial charge < -0.3 is 0 Å².